The molecule has 5 atom stereocenters. The van der Waals surface area contributed by atoms with Crippen molar-refractivity contribution in [1.82, 2.24) is 0 Å². The number of ether oxygens (including phenoxy) is 6. The minimum absolute atomic E-state index is 0.433. The van der Waals surface area contributed by atoms with E-state index in [9.17, 15) is 24.0 Å². The molecule has 0 aliphatic carbocycles. The lowest BCUT2D eigenvalue weighted by Crippen LogP contribution is -2.47. The molecule has 1 aliphatic rings. The summed E-state index contributed by atoms with van der Waals surface area (Å²) in [5.41, 5.74) is 0. The summed E-state index contributed by atoms with van der Waals surface area (Å²) in [4.78, 5) is 57.5. The van der Waals surface area contributed by atoms with Crippen LogP contribution in [0.25, 0.3) is 0 Å². The van der Waals surface area contributed by atoms with Gasteiger partial charge in [-0.05, 0) is 0 Å². The lowest BCUT2D eigenvalue weighted by atomic mass is 10.0. The summed E-state index contributed by atoms with van der Waals surface area (Å²) < 4.78 is 30.3. The molecule has 11 nitrogen and oxygen atoms in total. The van der Waals surface area contributed by atoms with E-state index in [1.165, 1.54) is 0 Å². The molecule has 0 aromatic heterocycles. The van der Waals surface area contributed by atoms with Crippen LogP contribution in [0.5, 0.6) is 0 Å². The molecule has 0 spiro atoms. The molecule has 27 heavy (non-hydrogen) atoms. The highest BCUT2D eigenvalue weighted by atomic mass is 16.7. The average Bonchev–Trinajstić information content (AvgIpc) is 2.87. The van der Waals surface area contributed by atoms with Crippen LogP contribution in [-0.2, 0) is 52.4 Å². The summed E-state index contributed by atoms with van der Waals surface area (Å²) in [5.74, 6) is -3.81. The molecular weight excluding hydrogens is 368 g/mol. The number of hydrogen-bond donors (Lipinski definition) is 0. The van der Waals surface area contributed by atoms with Crippen LogP contribution in [-0.4, -0.2) is 74.1 Å². The molecule has 0 unspecified atom stereocenters. The van der Waals surface area contributed by atoms with Crippen molar-refractivity contribution in [1.29, 1.82) is 0 Å². The molecule has 1 rings (SSSR count). The molecule has 152 valence electrons. The lowest BCUT2D eigenvalue weighted by molar-refractivity contribution is -0.177. The van der Waals surface area contributed by atoms with Crippen molar-refractivity contribution in [3.63, 3.8) is 0 Å². The second-order valence-electron chi connectivity index (χ2n) is 5.64. The summed E-state index contributed by atoms with van der Waals surface area (Å²) in [6.45, 7) is 4.01. The first-order chi connectivity index (χ1) is 12.6. The van der Waals surface area contributed by atoms with Crippen LogP contribution in [0.4, 0.5) is 0 Å². The van der Waals surface area contributed by atoms with E-state index in [0.29, 0.717) is 0 Å². The van der Waals surface area contributed by atoms with Crippen molar-refractivity contribution >= 4 is 29.8 Å². The van der Waals surface area contributed by atoms with E-state index in [2.05, 4.69) is 4.74 Å². The van der Waals surface area contributed by atoms with Crippen molar-refractivity contribution in [2.24, 2.45) is 0 Å². The van der Waals surface area contributed by atoms with Crippen molar-refractivity contribution < 1.29 is 52.4 Å². The zero-order valence-electron chi connectivity index (χ0n) is 15.6. The number of carbonyl (C=O) groups is 5. The van der Waals surface area contributed by atoms with Crippen LogP contribution in [0, 0.1) is 0 Å². The fourth-order valence-corrected chi connectivity index (χ4v) is 2.54. The fourth-order valence-electron chi connectivity index (χ4n) is 2.54. The Kier molecular flexibility index (Phi) is 8.16. The van der Waals surface area contributed by atoms with E-state index in [-0.39, 0.29) is 0 Å². The zero-order chi connectivity index (χ0) is 20.7. The minimum atomic E-state index is -1.44. The Morgan fingerprint density at radius 2 is 1.41 bits per heavy atom. The maximum atomic E-state index is 12.0. The van der Waals surface area contributed by atoms with Gasteiger partial charge in [-0.15, -0.1) is 0 Å². The minimum Gasteiger partial charge on any atom is -0.467 e. The Hall–Kier alpha value is -2.69. The average molecular weight is 390 g/mol. The van der Waals surface area contributed by atoms with Gasteiger partial charge in [0.2, 0.25) is 0 Å². The molecule has 0 aromatic rings. The fraction of sp³-hybridized carbons (Fsp3) is 0.688. The normalized spacial score (nSPS) is 25.1. The summed E-state index contributed by atoms with van der Waals surface area (Å²) in [6, 6.07) is 0. The van der Waals surface area contributed by atoms with Gasteiger partial charge in [0, 0.05) is 27.7 Å². The number of esters is 5. The quantitative estimate of drug-likeness (QED) is 0.402. The number of rotatable bonds is 7. The van der Waals surface area contributed by atoms with Crippen molar-refractivity contribution in [2.75, 3.05) is 13.7 Å². The van der Waals surface area contributed by atoms with Gasteiger partial charge in [0.25, 0.3) is 0 Å². The van der Waals surface area contributed by atoms with Crippen LogP contribution in [0.15, 0.2) is 0 Å². The zero-order valence-corrected chi connectivity index (χ0v) is 15.6. The standard InChI is InChI=1S/C16H22O11/c1-7(17)23-6-11(24-8(2)18)12-13(25-9(3)19)14(26-10(4)20)15(27-12)16(21)22-5/h11-15H,6H2,1-5H3/t11-,12+,13+,14-,15-/m1/s1. The summed E-state index contributed by atoms with van der Waals surface area (Å²) in [6.07, 6.45) is -6.59. The summed E-state index contributed by atoms with van der Waals surface area (Å²) in [5, 5.41) is 0. The number of carbonyl (C=O) groups excluding carboxylic acids is 5. The van der Waals surface area contributed by atoms with E-state index in [4.69, 9.17) is 23.7 Å². The second-order valence-corrected chi connectivity index (χ2v) is 5.64. The first-order valence-corrected chi connectivity index (χ1v) is 7.95. The van der Waals surface area contributed by atoms with Gasteiger partial charge in [-0.3, -0.25) is 19.2 Å². The van der Waals surface area contributed by atoms with Crippen molar-refractivity contribution in [3.05, 3.63) is 0 Å². The highest BCUT2D eigenvalue weighted by Gasteiger charge is 2.56. The van der Waals surface area contributed by atoms with Gasteiger partial charge in [0.1, 0.15) is 12.7 Å². The van der Waals surface area contributed by atoms with Crippen LogP contribution in [0.3, 0.4) is 0 Å². The Balaban J connectivity index is 3.24. The maximum absolute atomic E-state index is 12.0. The smallest absolute Gasteiger partial charge is 0.339 e. The summed E-state index contributed by atoms with van der Waals surface area (Å²) in [7, 11) is 1.09. The first kappa shape index (κ1) is 22.4. The van der Waals surface area contributed by atoms with Gasteiger partial charge < -0.3 is 28.4 Å². The van der Waals surface area contributed by atoms with Crippen LogP contribution in [0.2, 0.25) is 0 Å². The number of methoxy groups -OCH3 is 1. The molecule has 1 saturated heterocycles. The third-order valence-corrected chi connectivity index (χ3v) is 3.42. The van der Waals surface area contributed by atoms with Gasteiger partial charge in [-0.1, -0.05) is 0 Å². The predicted molar refractivity (Wildman–Crippen MR) is 84.0 cm³/mol. The molecule has 0 bridgehead atoms. The van der Waals surface area contributed by atoms with Gasteiger partial charge >= 0.3 is 29.8 Å². The largest absolute Gasteiger partial charge is 0.467 e. The Morgan fingerprint density at radius 1 is 0.852 bits per heavy atom. The van der Waals surface area contributed by atoms with E-state index < -0.39 is 67.0 Å². The van der Waals surface area contributed by atoms with E-state index >= 15 is 0 Å². The van der Waals surface area contributed by atoms with E-state index in [1.54, 1.807) is 0 Å². The molecule has 1 heterocycles. The SMILES string of the molecule is COC(=O)[C@@H]1O[C@@H]([C@@H](COC(C)=O)OC(C)=O)[C@H](OC(C)=O)[C@H]1OC(C)=O. The first-order valence-electron chi connectivity index (χ1n) is 7.95. The van der Waals surface area contributed by atoms with E-state index in [1.807, 2.05) is 0 Å². The molecule has 1 aliphatic heterocycles. The molecule has 11 heteroatoms. The monoisotopic (exact) mass is 390 g/mol. The molecular formula is C16H22O11. The molecule has 0 radical (unpaired) electrons. The van der Waals surface area contributed by atoms with Crippen LogP contribution < -0.4 is 0 Å². The lowest BCUT2D eigenvalue weighted by Gasteiger charge is -2.27. The van der Waals surface area contributed by atoms with Crippen LogP contribution in [0.1, 0.15) is 27.7 Å². The molecule has 0 saturated carbocycles. The molecule has 1 fully saturated rings. The van der Waals surface area contributed by atoms with Crippen molar-refractivity contribution in [2.45, 2.75) is 58.2 Å². The van der Waals surface area contributed by atoms with Crippen LogP contribution >= 0.6 is 0 Å². The van der Waals surface area contributed by atoms with Gasteiger partial charge in [0.15, 0.2) is 24.4 Å². The van der Waals surface area contributed by atoms with Gasteiger partial charge in [0.05, 0.1) is 7.11 Å². The predicted octanol–water partition coefficient (Wildman–Crippen LogP) is -0.715. The third kappa shape index (κ3) is 6.51. The molecule has 0 N–H and O–H groups in total. The Morgan fingerprint density at radius 3 is 1.85 bits per heavy atom. The van der Waals surface area contributed by atoms with E-state index in [0.717, 1.165) is 34.8 Å². The van der Waals surface area contributed by atoms with Gasteiger partial charge in [-0.25, -0.2) is 4.79 Å². The second kappa shape index (κ2) is 9.86. The molecule has 0 amide bonds. The number of hydrogen-bond acceptors (Lipinski definition) is 11. The highest BCUT2D eigenvalue weighted by molar-refractivity contribution is 5.77. The van der Waals surface area contributed by atoms with Crippen molar-refractivity contribution in [3.8, 4) is 0 Å². The Bertz CT molecular complexity index is 599. The molecule has 0 aromatic carbocycles. The third-order valence-electron chi connectivity index (χ3n) is 3.42. The Labute approximate surface area is 155 Å². The topological polar surface area (TPSA) is 141 Å². The summed E-state index contributed by atoms with van der Waals surface area (Å²) >= 11 is 0. The van der Waals surface area contributed by atoms with Gasteiger partial charge in [-0.2, -0.15) is 0 Å². The maximum Gasteiger partial charge on any atom is 0.339 e. The highest BCUT2D eigenvalue weighted by Crippen LogP contribution is 2.31.